The lowest BCUT2D eigenvalue weighted by molar-refractivity contribution is -0.138. The Morgan fingerprint density at radius 2 is 1.80 bits per heavy atom. The van der Waals surface area contributed by atoms with Crippen LogP contribution in [0.2, 0.25) is 0 Å². The first-order chi connectivity index (χ1) is 21.4. The van der Waals surface area contributed by atoms with Crippen LogP contribution in [-0.4, -0.2) is 81.4 Å². The summed E-state index contributed by atoms with van der Waals surface area (Å²) in [6.45, 7) is 0.921. The number of rotatable bonds is 8. The molecule has 0 bridgehead atoms. The molecule has 1 aliphatic carbocycles. The van der Waals surface area contributed by atoms with E-state index in [-0.39, 0.29) is 30.9 Å². The number of thiazole rings is 1. The number of amides is 5. The number of nitrogens with one attached hydrogen (secondary N) is 3. The van der Waals surface area contributed by atoms with Crippen molar-refractivity contribution >= 4 is 40.2 Å². The summed E-state index contributed by atoms with van der Waals surface area (Å²) in [6.07, 6.45) is 6.32. The van der Waals surface area contributed by atoms with Crippen molar-refractivity contribution in [3.05, 3.63) is 65.3 Å². The summed E-state index contributed by atoms with van der Waals surface area (Å²) >= 11 is 1.21. The van der Waals surface area contributed by atoms with Gasteiger partial charge in [0.15, 0.2) is 5.13 Å². The van der Waals surface area contributed by atoms with Gasteiger partial charge in [-0.1, -0.05) is 18.2 Å². The first kappa shape index (κ1) is 29.7. The van der Waals surface area contributed by atoms with Gasteiger partial charge in [0.25, 0.3) is 11.8 Å². The SMILES string of the molecule is O=C(NC1CC1)c1ccc(-c2csc(NC(=O)C3CC(F)CN3C(=O)C(NC(=O)N3CCCCC3)c3cccnc3)n2)cc1. The van der Waals surface area contributed by atoms with Gasteiger partial charge in [-0.25, -0.2) is 14.2 Å². The lowest BCUT2D eigenvalue weighted by Crippen LogP contribution is -2.51. The fourth-order valence-corrected chi connectivity index (χ4v) is 6.25. The molecule has 0 radical (unpaired) electrons. The second-order valence-corrected chi connectivity index (χ2v) is 12.3. The molecule has 44 heavy (non-hydrogen) atoms. The summed E-state index contributed by atoms with van der Waals surface area (Å²) in [4.78, 5) is 64.1. The van der Waals surface area contributed by atoms with Gasteiger partial charge >= 0.3 is 6.03 Å². The highest BCUT2D eigenvalue weighted by Crippen LogP contribution is 2.29. The van der Waals surface area contributed by atoms with Crippen molar-refractivity contribution in [2.24, 2.45) is 0 Å². The van der Waals surface area contributed by atoms with Crippen LogP contribution < -0.4 is 16.0 Å². The Balaban J connectivity index is 1.14. The van der Waals surface area contributed by atoms with Crippen LogP contribution in [0, 0.1) is 0 Å². The molecule has 3 fully saturated rings. The molecular formula is C31H34FN7O4S. The van der Waals surface area contributed by atoms with Crippen molar-refractivity contribution in [3.8, 4) is 11.3 Å². The number of piperidine rings is 1. The fourth-order valence-electron chi connectivity index (χ4n) is 5.53. The Labute approximate surface area is 258 Å². The summed E-state index contributed by atoms with van der Waals surface area (Å²) in [6, 6.07) is 8.07. The minimum atomic E-state index is -1.40. The lowest BCUT2D eigenvalue weighted by Gasteiger charge is -2.31. The molecule has 3 N–H and O–H groups in total. The van der Waals surface area contributed by atoms with Gasteiger partial charge in [0.05, 0.1) is 12.2 Å². The number of likely N-dealkylation sites (tertiary alicyclic amines) is 2. The van der Waals surface area contributed by atoms with E-state index in [4.69, 9.17) is 0 Å². The average Bonchev–Trinajstić information content (AvgIpc) is 3.59. The van der Waals surface area contributed by atoms with Crippen molar-refractivity contribution in [1.29, 1.82) is 0 Å². The summed E-state index contributed by atoms with van der Waals surface area (Å²) < 4.78 is 14.8. The molecule has 3 aliphatic rings. The summed E-state index contributed by atoms with van der Waals surface area (Å²) in [5, 5.41) is 10.6. The Kier molecular flexibility index (Phi) is 8.82. The summed E-state index contributed by atoms with van der Waals surface area (Å²) in [5.74, 6) is -1.24. The average molecular weight is 620 g/mol. The van der Waals surface area contributed by atoms with E-state index in [1.54, 1.807) is 52.9 Å². The molecule has 3 atom stereocenters. The van der Waals surface area contributed by atoms with E-state index in [2.05, 4.69) is 25.9 Å². The number of pyridine rings is 1. The second kappa shape index (κ2) is 13.1. The number of benzene rings is 1. The van der Waals surface area contributed by atoms with Gasteiger partial charge in [-0.2, -0.15) is 0 Å². The lowest BCUT2D eigenvalue weighted by atomic mass is 10.1. The largest absolute Gasteiger partial charge is 0.349 e. The van der Waals surface area contributed by atoms with Crippen molar-refractivity contribution in [3.63, 3.8) is 0 Å². The fraction of sp³-hybridized carbons (Fsp3) is 0.419. The number of halogens is 1. The number of anilines is 1. The van der Waals surface area contributed by atoms with E-state index >= 15 is 0 Å². The molecule has 4 heterocycles. The second-order valence-electron chi connectivity index (χ2n) is 11.4. The van der Waals surface area contributed by atoms with Crippen LogP contribution in [0.5, 0.6) is 0 Å². The Hall–Kier alpha value is -4.39. The van der Waals surface area contributed by atoms with E-state index in [9.17, 15) is 23.6 Å². The maximum atomic E-state index is 14.8. The zero-order valence-electron chi connectivity index (χ0n) is 24.1. The molecule has 1 saturated carbocycles. The molecule has 5 amide bonds. The van der Waals surface area contributed by atoms with Crippen LogP contribution in [0.3, 0.4) is 0 Å². The maximum Gasteiger partial charge on any atom is 0.318 e. The van der Waals surface area contributed by atoms with Crippen molar-refractivity contribution in [2.45, 2.75) is 62.8 Å². The van der Waals surface area contributed by atoms with Crippen molar-refractivity contribution in [2.75, 3.05) is 25.0 Å². The molecule has 2 aromatic heterocycles. The minimum absolute atomic E-state index is 0.107. The van der Waals surface area contributed by atoms with E-state index in [0.717, 1.165) is 37.7 Å². The number of aromatic nitrogens is 2. The molecule has 230 valence electrons. The molecular weight excluding hydrogens is 585 g/mol. The smallest absolute Gasteiger partial charge is 0.318 e. The number of alkyl halides is 1. The number of carbonyl (C=O) groups is 4. The minimum Gasteiger partial charge on any atom is -0.349 e. The van der Waals surface area contributed by atoms with E-state index in [1.165, 1.54) is 22.4 Å². The monoisotopic (exact) mass is 619 g/mol. The van der Waals surface area contributed by atoms with Crippen LogP contribution in [0.15, 0.2) is 54.2 Å². The molecule has 3 aromatic rings. The highest BCUT2D eigenvalue weighted by molar-refractivity contribution is 7.14. The molecule has 2 aliphatic heterocycles. The predicted octanol–water partition coefficient (Wildman–Crippen LogP) is 3.91. The summed E-state index contributed by atoms with van der Waals surface area (Å²) in [5.41, 5.74) is 2.40. The third kappa shape index (κ3) is 6.88. The highest BCUT2D eigenvalue weighted by Gasteiger charge is 2.43. The van der Waals surface area contributed by atoms with Gasteiger partial charge in [-0.3, -0.25) is 19.4 Å². The van der Waals surface area contributed by atoms with Gasteiger partial charge in [0.1, 0.15) is 18.3 Å². The molecule has 0 spiro atoms. The highest BCUT2D eigenvalue weighted by atomic mass is 32.1. The van der Waals surface area contributed by atoms with Crippen molar-refractivity contribution < 1.29 is 23.6 Å². The molecule has 13 heteroatoms. The third-order valence-electron chi connectivity index (χ3n) is 8.10. The quantitative estimate of drug-likeness (QED) is 0.350. The Bertz CT molecular complexity index is 1510. The first-order valence-corrected chi connectivity index (χ1v) is 15.8. The van der Waals surface area contributed by atoms with Crippen LogP contribution >= 0.6 is 11.3 Å². The predicted molar refractivity (Wildman–Crippen MR) is 163 cm³/mol. The number of hydrogen-bond donors (Lipinski definition) is 3. The van der Waals surface area contributed by atoms with Gasteiger partial charge in [-0.15, -0.1) is 11.3 Å². The van der Waals surface area contributed by atoms with Gasteiger partial charge in [-0.05, 0) is 50.3 Å². The van der Waals surface area contributed by atoms with Crippen LogP contribution in [0.25, 0.3) is 11.3 Å². The van der Waals surface area contributed by atoms with E-state index in [1.807, 2.05) is 0 Å². The van der Waals surface area contributed by atoms with Crippen molar-refractivity contribution in [1.82, 2.24) is 30.4 Å². The standard InChI is InChI=1S/C31H34FN7O4S/c32-22-15-25(28(41)37-30-35-24(18-44-30)19-6-8-20(9-7-19)27(40)34-23-10-11-23)39(17-22)29(42)26(21-5-4-12-33-16-21)36-31(43)38-13-2-1-3-14-38/h4-9,12,16,18,22-23,25-26H,1-3,10-11,13-15,17H2,(H,34,40)(H,36,43)(H,35,37,41). The summed E-state index contributed by atoms with van der Waals surface area (Å²) in [7, 11) is 0. The van der Waals surface area contributed by atoms with Gasteiger partial charge in [0.2, 0.25) is 5.91 Å². The number of urea groups is 1. The van der Waals surface area contributed by atoms with Gasteiger partial charge in [0, 0.05) is 60.0 Å². The first-order valence-electron chi connectivity index (χ1n) is 14.9. The van der Waals surface area contributed by atoms with Crippen LogP contribution in [-0.2, 0) is 9.59 Å². The third-order valence-corrected chi connectivity index (χ3v) is 8.86. The molecule has 2 saturated heterocycles. The van der Waals surface area contributed by atoms with Crippen LogP contribution in [0.1, 0.15) is 60.5 Å². The zero-order chi connectivity index (χ0) is 30.6. The normalized spacial score (nSPS) is 20.6. The molecule has 11 nitrogen and oxygen atoms in total. The maximum absolute atomic E-state index is 14.8. The Morgan fingerprint density at radius 1 is 1.02 bits per heavy atom. The van der Waals surface area contributed by atoms with E-state index in [0.29, 0.717) is 35.0 Å². The number of carbonyl (C=O) groups excluding carboxylic acids is 4. The molecule has 6 rings (SSSR count). The number of hydrogen-bond acceptors (Lipinski definition) is 7. The van der Waals surface area contributed by atoms with Gasteiger partial charge < -0.3 is 25.8 Å². The Morgan fingerprint density at radius 3 is 2.50 bits per heavy atom. The van der Waals surface area contributed by atoms with E-state index < -0.39 is 30.1 Å². The molecule has 3 unspecified atom stereocenters. The zero-order valence-corrected chi connectivity index (χ0v) is 24.9. The van der Waals surface area contributed by atoms with Crippen LogP contribution in [0.4, 0.5) is 14.3 Å². The molecule has 1 aromatic carbocycles. The number of nitrogens with zero attached hydrogens (tertiary/aromatic N) is 4. The topological polar surface area (TPSA) is 137 Å².